The third kappa shape index (κ3) is 5.00. The van der Waals surface area contributed by atoms with Gasteiger partial charge in [-0.25, -0.2) is 0 Å². The van der Waals surface area contributed by atoms with Crippen LogP contribution < -0.4 is 19.5 Å². The summed E-state index contributed by atoms with van der Waals surface area (Å²) in [5.41, 5.74) is 1.57. The van der Waals surface area contributed by atoms with Crippen LogP contribution in [0.2, 0.25) is 5.02 Å². The molecule has 2 heterocycles. The number of carbonyl (C=O) groups excluding carboxylic acids is 3. The highest BCUT2D eigenvalue weighted by molar-refractivity contribution is 8.18. The molecular weight excluding hydrogens is 456 g/mol. The number of carbonyl (C=O) groups is 3. The second-order valence-corrected chi connectivity index (χ2v) is 8.40. The van der Waals surface area contributed by atoms with Crippen molar-refractivity contribution in [2.75, 3.05) is 26.5 Å². The van der Waals surface area contributed by atoms with Gasteiger partial charge in [-0.05, 0) is 66.2 Å². The Labute approximate surface area is 193 Å². The molecule has 2 aliphatic rings. The van der Waals surface area contributed by atoms with E-state index in [0.717, 1.165) is 27.8 Å². The number of thioether (sulfide) groups is 1. The van der Waals surface area contributed by atoms with E-state index in [-0.39, 0.29) is 37.6 Å². The Hall–Kier alpha value is -3.17. The molecule has 2 aromatic carbocycles. The van der Waals surface area contributed by atoms with Gasteiger partial charge in [-0.15, -0.1) is 0 Å². The first-order valence-electron chi connectivity index (χ1n) is 9.71. The molecule has 0 bridgehead atoms. The van der Waals surface area contributed by atoms with E-state index in [0.29, 0.717) is 27.2 Å². The van der Waals surface area contributed by atoms with Crippen LogP contribution >= 0.6 is 23.4 Å². The van der Waals surface area contributed by atoms with Crippen LogP contribution in [0.4, 0.5) is 4.79 Å². The van der Waals surface area contributed by atoms with Crippen LogP contribution in [-0.2, 0) is 9.59 Å². The number of halogens is 1. The van der Waals surface area contributed by atoms with Gasteiger partial charge in [0.05, 0.1) is 4.91 Å². The van der Waals surface area contributed by atoms with E-state index in [1.165, 1.54) is 0 Å². The lowest BCUT2D eigenvalue weighted by Crippen LogP contribution is -2.38. The predicted octanol–water partition coefficient (Wildman–Crippen LogP) is 3.61. The predicted molar refractivity (Wildman–Crippen MR) is 120 cm³/mol. The number of hydrogen-bond acceptors (Lipinski definition) is 7. The van der Waals surface area contributed by atoms with Crippen LogP contribution in [-0.4, -0.2) is 48.4 Å². The Kier molecular flexibility index (Phi) is 6.57. The molecular formula is C22H19ClN2O6S. The van der Waals surface area contributed by atoms with Crippen LogP contribution in [0.15, 0.2) is 41.3 Å². The maximum atomic E-state index is 12.6. The van der Waals surface area contributed by atoms with E-state index in [1.807, 2.05) is 6.92 Å². The normalized spacial score (nSPS) is 16.1. The Bertz CT molecular complexity index is 1120. The van der Waals surface area contributed by atoms with Crippen LogP contribution in [0.25, 0.3) is 6.08 Å². The van der Waals surface area contributed by atoms with Crippen LogP contribution in [0.5, 0.6) is 17.2 Å². The van der Waals surface area contributed by atoms with E-state index >= 15 is 0 Å². The van der Waals surface area contributed by atoms with Crippen LogP contribution in [0.1, 0.15) is 11.1 Å². The number of hydrogen-bond donors (Lipinski definition) is 1. The van der Waals surface area contributed by atoms with Gasteiger partial charge in [-0.2, -0.15) is 0 Å². The van der Waals surface area contributed by atoms with Crippen molar-refractivity contribution in [3.05, 3.63) is 57.5 Å². The van der Waals surface area contributed by atoms with Crippen molar-refractivity contribution in [1.29, 1.82) is 0 Å². The lowest BCUT2D eigenvalue weighted by atomic mass is 10.2. The molecule has 3 amide bonds. The highest BCUT2D eigenvalue weighted by Gasteiger charge is 2.34. The van der Waals surface area contributed by atoms with Gasteiger partial charge < -0.3 is 19.5 Å². The first-order valence-corrected chi connectivity index (χ1v) is 10.9. The zero-order valence-corrected chi connectivity index (χ0v) is 18.6. The van der Waals surface area contributed by atoms with Gasteiger partial charge in [0.25, 0.3) is 17.1 Å². The van der Waals surface area contributed by atoms with Crippen molar-refractivity contribution in [2.24, 2.45) is 0 Å². The molecule has 1 saturated heterocycles. The second kappa shape index (κ2) is 9.54. The zero-order chi connectivity index (χ0) is 22.7. The maximum Gasteiger partial charge on any atom is 0.293 e. The molecule has 0 radical (unpaired) electrons. The molecule has 2 aliphatic heterocycles. The third-order valence-electron chi connectivity index (χ3n) is 4.72. The molecule has 10 heteroatoms. The summed E-state index contributed by atoms with van der Waals surface area (Å²) in [4.78, 5) is 38.3. The molecule has 0 aromatic heterocycles. The van der Waals surface area contributed by atoms with Gasteiger partial charge in [-0.3, -0.25) is 19.3 Å². The maximum absolute atomic E-state index is 12.6. The van der Waals surface area contributed by atoms with Gasteiger partial charge in [0.2, 0.25) is 6.79 Å². The van der Waals surface area contributed by atoms with Gasteiger partial charge >= 0.3 is 0 Å². The van der Waals surface area contributed by atoms with Crippen molar-refractivity contribution in [3.8, 4) is 17.2 Å². The Morgan fingerprint density at radius 1 is 1.22 bits per heavy atom. The number of fused-ring (bicyclic) bond motifs is 1. The molecule has 4 rings (SSSR count). The number of nitrogens with one attached hydrogen (secondary N) is 1. The molecule has 0 aliphatic carbocycles. The van der Waals surface area contributed by atoms with E-state index in [4.69, 9.17) is 25.8 Å². The summed E-state index contributed by atoms with van der Waals surface area (Å²) in [7, 11) is 0. The fourth-order valence-electron chi connectivity index (χ4n) is 3.06. The number of aryl methyl sites for hydroxylation is 1. The summed E-state index contributed by atoms with van der Waals surface area (Å²) < 4.78 is 16.0. The zero-order valence-electron chi connectivity index (χ0n) is 17.1. The summed E-state index contributed by atoms with van der Waals surface area (Å²) >= 11 is 6.82. The molecule has 166 valence electrons. The standard InChI is InChI=1S/C22H19ClN2O6S/c1-13-8-15(3-4-16(13)23)29-11-20(26)24-6-7-25-21(27)19(32-22(25)28)10-14-2-5-17-18(9-14)31-12-30-17/h2-5,8-10H,6-7,11-12H2,1H3,(H,24,26)/b19-10-. The minimum Gasteiger partial charge on any atom is -0.484 e. The number of ether oxygens (including phenoxy) is 3. The minimum absolute atomic E-state index is 0.0644. The second-order valence-electron chi connectivity index (χ2n) is 7.00. The summed E-state index contributed by atoms with van der Waals surface area (Å²) in [5.74, 6) is 1.000. The number of nitrogens with zero attached hydrogens (tertiary/aromatic N) is 1. The third-order valence-corrected chi connectivity index (χ3v) is 6.06. The number of benzene rings is 2. The first kappa shape index (κ1) is 22.0. The van der Waals surface area contributed by atoms with Crippen molar-refractivity contribution in [1.82, 2.24) is 10.2 Å². The lowest BCUT2D eigenvalue weighted by Gasteiger charge is -2.13. The molecule has 0 atom stereocenters. The smallest absolute Gasteiger partial charge is 0.293 e. The molecule has 2 aromatic rings. The lowest BCUT2D eigenvalue weighted by molar-refractivity contribution is -0.125. The average Bonchev–Trinajstić information content (AvgIpc) is 3.34. The fourth-order valence-corrected chi connectivity index (χ4v) is 4.04. The largest absolute Gasteiger partial charge is 0.484 e. The highest BCUT2D eigenvalue weighted by atomic mass is 35.5. The van der Waals surface area contributed by atoms with Gasteiger partial charge in [0.15, 0.2) is 18.1 Å². The van der Waals surface area contributed by atoms with Gasteiger partial charge in [0, 0.05) is 18.1 Å². The van der Waals surface area contributed by atoms with Gasteiger partial charge in [0.1, 0.15) is 5.75 Å². The molecule has 8 nitrogen and oxygen atoms in total. The van der Waals surface area contributed by atoms with E-state index in [9.17, 15) is 14.4 Å². The average molecular weight is 475 g/mol. The quantitative estimate of drug-likeness (QED) is 0.612. The van der Waals surface area contributed by atoms with Gasteiger partial charge in [-0.1, -0.05) is 17.7 Å². The topological polar surface area (TPSA) is 94.2 Å². The first-order chi connectivity index (χ1) is 15.4. The number of amides is 3. The van der Waals surface area contributed by atoms with Crippen molar-refractivity contribution in [3.63, 3.8) is 0 Å². The van der Waals surface area contributed by atoms with Crippen molar-refractivity contribution in [2.45, 2.75) is 6.92 Å². The Morgan fingerprint density at radius 2 is 2.03 bits per heavy atom. The Morgan fingerprint density at radius 3 is 2.84 bits per heavy atom. The Balaban J connectivity index is 1.27. The van der Waals surface area contributed by atoms with Crippen LogP contribution in [0, 0.1) is 6.92 Å². The molecule has 32 heavy (non-hydrogen) atoms. The summed E-state index contributed by atoms with van der Waals surface area (Å²) in [6, 6.07) is 10.4. The molecule has 0 saturated carbocycles. The molecule has 1 N–H and O–H groups in total. The van der Waals surface area contributed by atoms with E-state index in [2.05, 4.69) is 5.32 Å². The summed E-state index contributed by atoms with van der Waals surface area (Å²) in [6.45, 7) is 2.00. The number of rotatable bonds is 7. The molecule has 1 fully saturated rings. The minimum atomic E-state index is -0.403. The monoisotopic (exact) mass is 474 g/mol. The van der Waals surface area contributed by atoms with E-state index in [1.54, 1.807) is 42.5 Å². The summed E-state index contributed by atoms with van der Waals surface area (Å²) in [5, 5.41) is 2.88. The SMILES string of the molecule is Cc1cc(OCC(=O)NCCN2C(=O)S/C(=C\c3ccc4c(c3)OCO4)C2=O)ccc1Cl. The highest BCUT2D eigenvalue weighted by Crippen LogP contribution is 2.36. The fraction of sp³-hybridized carbons (Fsp3) is 0.227. The van der Waals surface area contributed by atoms with E-state index < -0.39 is 5.91 Å². The molecule has 0 spiro atoms. The summed E-state index contributed by atoms with van der Waals surface area (Å²) in [6.07, 6.45) is 1.63. The van der Waals surface area contributed by atoms with Crippen molar-refractivity contribution >= 4 is 46.5 Å². The number of imide groups is 1. The van der Waals surface area contributed by atoms with Crippen LogP contribution in [0.3, 0.4) is 0 Å². The molecule has 0 unspecified atom stereocenters. The van der Waals surface area contributed by atoms with Crippen molar-refractivity contribution < 1.29 is 28.6 Å².